The Morgan fingerprint density at radius 3 is 2.04 bits per heavy atom. The monoisotopic (exact) mass is 679 g/mol. The van der Waals surface area contributed by atoms with Gasteiger partial charge in [0.15, 0.2) is 0 Å². The van der Waals surface area contributed by atoms with E-state index in [1.54, 1.807) is 0 Å². The molecular weight excluding hydrogens is 649 g/mol. The molecule has 48 heavy (non-hydrogen) atoms. The summed E-state index contributed by atoms with van der Waals surface area (Å²) in [7, 11) is 0. The third-order valence-electron chi connectivity index (χ3n) is 10.1. The Hall–Kier alpha value is -5.41. The summed E-state index contributed by atoms with van der Waals surface area (Å²) in [6.07, 6.45) is 0. The maximum atomic E-state index is 5.27. The zero-order valence-corrected chi connectivity index (χ0v) is 28.2. The number of benzene rings is 7. The van der Waals surface area contributed by atoms with Crippen LogP contribution in [0.15, 0.2) is 140 Å². The van der Waals surface area contributed by atoms with Crippen molar-refractivity contribution in [2.75, 3.05) is 0 Å². The molecule has 226 valence electrons. The van der Waals surface area contributed by atoms with E-state index >= 15 is 0 Å². The summed E-state index contributed by atoms with van der Waals surface area (Å²) in [6.45, 7) is 4.63. The minimum atomic E-state index is -0.112. The molecule has 0 unspecified atom stereocenters. The molecule has 4 heteroatoms. The van der Waals surface area contributed by atoms with Gasteiger partial charge in [-0.2, -0.15) is 0 Å². The summed E-state index contributed by atoms with van der Waals surface area (Å²) in [5, 5.41) is 7.81. The van der Waals surface area contributed by atoms with Gasteiger partial charge in [0.25, 0.3) is 0 Å². The first-order valence-corrected chi connectivity index (χ1v) is 18.1. The predicted octanol–water partition coefficient (Wildman–Crippen LogP) is 10.8. The first kappa shape index (κ1) is 27.7. The van der Waals surface area contributed by atoms with Crippen LogP contribution < -0.4 is 0 Å². The molecule has 0 amide bonds. The molecule has 0 atom stereocenters. The summed E-state index contributed by atoms with van der Waals surface area (Å²) in [4.78, 5) is 15.6. The molecule has 7 aromatic carbocycles. The van der Waals surface area contributed by atoms with Gasteiger partial charge in [0.2, 0.25) is 0 Å². The van der Waals surface area contributed by atoms with Crippen LogP contribution in [0.5, 0.6) is 0 Å². The molecule has 10 rings (SSSR count). The summed E-state index contributed by atoms with van der Waals surface area (Å²) >= 11 is 0.156. The average Bonchev–Trinajstić information content (AvgIpc) is 3.64. The Bertz CT molecular complexity index is 2760. The molecule has 0 N–H and O–H groups in total. The molecule has 3 nitrogen and oxygen atoms in total. The molecule has 0 saturated carbocycles. The van der Waals surface area contributed by atoms with E-state index in [0.717, 1.165) is 16.7 Å². The van der Waals surface area contributed by atoms with Crippen molar-refractivity contribution in [2.24, 2.45) is 0 Å². The third kappa shape index (κ3) is 4.03. The van der Waals surface area contributed by atoms with Crippen molar-refractivity contribution in [3.05, 3.63) is 151 Å². The molecule has 0 bridgehead atoms. The molecule has 2 aromatic heterocycles. The third-order valence-corrected chi connectivity index (χ3v) is 12.6. The molecule has 0 spiro atoms. The second-order valence-electron chi connectivity index (χ2n) is 13.2. The van der Waals surface area contributed by atoms with Crippen molar-refractivity contribution in [1.29, 1.82) is 0 Å². The van der Waals surface area contributed by atoms with Crippen molar-refractivity contribution >= 4 is 55.3 Å². The van der Waals surface area contributed by atoms with Gasteiger partial charge in [-0.25, -0.2) is 0 Å². The number of rotatable bonds is 3. The zero-order valence-electron chi connectivity index (χ0n) is 26.5. The number of nitrogens with zero attached hydrogens (tertiary/aromatic N) is 3. The summed E-state index contributed by atoms with van der Waals surface area (Å²) in [6, 6.07) is 50.2. The van der Waals surface area contributed by atoms with Crippen LogP contribution in [0.4, 0.5) is 0 Å². The van der Waals surface area contributed by atoms with E-state index in [-0.39, 0.29) is 19.9 Å². The van der Waals surface area contributed by atoms with E-state index < -0.39 is 0 Å². The molecular formula is C44H29N3Se. The van der Waals surface area contributed by atoms with Crippen LogP contribution in [0, 0.1) is 0 Å². The normalized spacial score (nSPS) is 13.4. The van der Waals surface area contributed by atoms with Gasteiger partial charge in [0.05, 0.1) is 0 Å². The summed E-state index contributed by atoms with van der Waals surface area (Å²) < 4.78 is 2.81. The molecule has 1 aliphatic rings. The van der Waals surface area contributed by atoms with Crippen molar-refractivity contribution in [3.63, 3.8) is 0 Å². The Balaban J connectivity index is 1.22. The van der Waals surface area contributed by atoms with Crippen LogP contribution in [0.25, 0.3) is 86.1 Å². The van der Waals surface area contributed by atoms with Crippen molar-refractivity contribution < 1.29 is 0 Å². The van der Waals surface area contributed by atoms with E-state index in [2.05, 4.69) is 135 Å². The second kappa shape index (κ2) is 10.3. The second-order valence-corrected chi connectivity index (χ2v) is 15.4. The topological polar surface area (TPSA) is 38.7 Å². The van der Waals surface area contributed by atoms with Gasteiger partial charge in [-0.1, -0.05) is 12.1 Å². The van der Waals surface area contributed by atoms with E-state index in [0.29, 0.717) is 17.5 Å². The molecule has 0 aliphatic heterocycles. The van der Waals surface area contributed by atoms with Crippen LogP contribution in [-0.2, 0) is 5.41 Å². The van der Waals surface area contributed by atoms with E-state index in [1.807, 2.05) is 18.2 Å². The molecule has 0 fully saturated rings. The standard InChI is InChI=1S/C44H29N3Se/c1-44(2)35-17-9-8-15-31(35)32-23-22-29(25-36(32)44)42-45-41(28-12-4-3-5-13-28)46-43(47-42)34-16-10-18-37-39(34)33-24-21-27-20-19-26-11-6-7-14-30(26)38(27)40(33)48-37/h3-25H,1-2H3. The number of fused-ring (bicyclic) bond motifs is 10. The van der Waals surface area contributed by atoms with E-state index in [1.165, 1.54) is 63.1 Å². The number of aromatic nitrogens is 3. The molecule has 9 aromatic rings. The van der Waals surface area contributed by atoms with Crippen LogP contribution >= 0.6 is 0 Å². The summed E-state index contributed by atoms with van der Waals surface area (Å²) in [5.41, 5.74) is 8.19. The van der Waals surface area contributed by atoms with Crippen molar-refractivity contribution in [1.82, 2.24) is 15.0 Å². The zero-order chi connectivity index (χ0) is 32.0. The molecule has 0 radical (unpaired) electrons. The van der Waals surface area contributed by atoms with Crippen LogP contribution in [0.1, 0.15) is 25.0 Å². The van der Waals surface area contributed by atoms with Crippen LogP contribution in [0.3, 0.4) is 0 Å². The molecule has 0 saturated heterocycles. The quantitative estimate of drug-likeness (QED) is 0.138. The first-order valence-electron chi connectivity index (χ1n) is 16.4. The Morgan fingerprint density at radius 2 is 1.15 bits per heavy atom. The number of hydrogen-bond acceptors (Lipinski definition) is 3. The average molecular weight is 679 g/mol. The Kier molecular flexibility index (Phi) is 5.94. The minimum absolute atomic E-state index is 0.112. The van der Waals surface area contributed by atoms with Gasteiger partial charge in [0, 0.05) is 0 Å². The first-order chi connectivity index (χ1) is 23.5. The fraction of sp³-hybridized carbons (Fsp3) is 0.0682. The van der Waals surface area contributed by atoms with Gasteiger partial charge in [-0.3, -0.25) is 0 Å². The number of hydrogen-bond donors (Lipinski definition) is 0. The maximum absolute atomic E-state index is 5.27. The Labute approximate surface area is 284 Å². The fourth-order valence-corrected chi connectivity index (χ4v) is 10.5. The molecule has 2 heterocycles. The van der Waals surface area contributed by atoms with Gasteiger partial charge >= 0.3 is 273 Å². The Morgan fingerprint density at radius 1 is 0.458 bits per heavy atom. The van der Waals surface area contributed by atoms with Crippen molar-refractivity contribution in [3.8, 4) is 45.3 Å². The van der Waals surface area contributed by atoms with Gasteiger partial charge in [-0.15, -0.1) is 0 Å². The van der Waals surface area contributed by atoms with Crippen LogP contribution in [-0.4, -0.2) is 29.5 Å². The van der Waals surface area contributed by atoms with Gasteiger partial charge in [0.1, 0.15) is 0 Å². The van der Waals surface area contributed by atoms with Gasteiger partial charge in [-0.05, 0) is 0 Å². The SMILES string of the molecule is CC1(C)c2ccccc2-c2ccc(-c3nc(-c4ccccc4)nc(-c4cccc5[se]c6c(ccc7ccc8ccccc8c76)c45)n3)cc21. The summed E-state index contributed by atoms with van der Waals surface area (Å²) in [5.74, 6) is 2.09. The van der Waals surface area contributed by atoms with Gasteiger partial charge < -0.3 is 0 Å². The predicted molar refractivity (Wildman–Crippen MR) is 201 cm³/mol. The fourth-order valence-electron chi connectivity index (χ4n) is 7.74. The van der Waals surface area contributed by atoms with E-state index in [4.69, 9.17) is 15.0 Å². The van der Waals surface area contributed by atoms with Crippen molar-refractivity contribution in [2.45, 2.75) is 19.3 Å². The molecule has 1 aliphatic carbocycles. The van der Waals surface area contributed by atoms with E-state index in [9.17, 15) is 0 Å². The van der Waals surface area contributed by atoms with Crippen LogP contribution in [0.2, 0.25) is 0 Å².